The molecule has 0 aliphatic carbocycles. The third-order valence-corrected chi connectivity index (χ3v) is 4.63. The first-order chi connectivity index (χ1) is 13.4. The Balaban J connectivity index is 1.53. The van der Waals surface area contributed by atoms with Crippen molar-refractivity contribution in [1.29, 1.82) is 0 Å². The van der Waals surface area contributed by atoms with Gasteiger partial charge in [-0.15, -0.1) is 0 Å². The van der Waals surface area contributed by atoms with E-state index in [0.717, 1.165) is 39.9 Å². The maximum Gasteiger partial charge on any atom is 0.127 e. The Kier molecular flexibility index (Phi) is 3.76. The fourth-order valence-corrected chi connectivity index (χ4v) is 3.39. The van der Waals surface area contributed by atoms with Crippen LogP contribution in [0.25, 0.3) is 0 Å². The standard InChI is InChI=1S/C24H18N2O/c1-2-8-19(9-3-1)27-20-16-14-18(15-17-20)26-23-12-6-4-10-21(23)25-22-11-5-7-13-24(22)26/h1-17,25H. The molecule has 1 aliphatic heterocycles. The van der Waals surface area contributed by atoms with E-state index in [0.29, 0.717) is 0 Å². The van der Waals surface area contributed by atoms with Gasteiger partial charge in [0, 0.05) is 5.69 Å². The predicted octanol–water partition coefficient (Wildman–Crippen LogP) is 7.01. The first-order valence-corrected chi connectivity index (χ1v) is 8.97. The topological polar surface area (TPSA) is 24.5 Å². The summed E-state index contributed by atoms with van der Waals surface area (Å²) in [5, 5.41) is 3.52. The van der Waals surface area contributed by atoms with Gasteiger partial charge in [-0.3, -0.25) is 0 Å². The molecule has 3 heteroatoms. The lowest BCUT2D eigenvalue weighted by Gasteiger charge is -2.33. The van der Waals surface area contributed by atoms with Crippen LogP contribution in [-0.4, -0.2) is 0 Å². The highest BCUT2D eigenvalue weighted by Crippen LogP contribution is 2.47. The molecular formula is C24H18N2O. The molecule has 0 saturated carbocycles. The first-order valence-electron chi connectivity index (χ1n) is 8.97. The van der Waals surface area contributed by atoms with Gasteiger partial charge < -0.3 is 15.0 Å². The minimum atomic E-state index is 0.821. The number of anilines is 5. The van der Waals surface area contributed by atoms with Gasteiger partial charge in [-0.25, -0.2) is 0 Å². The number of nitrogens with one attached hydrogen (secondary N) is 1. The van der Waals surface area contributed by atoms with Crippen LogP contribution in [0.5, 0.6) is 11.5 Å². The van der Waals surface area contributed by atoms with Gasteiger partial charge in [-0.05, 0) is 60.7 Å². The summed E-state index contributed by atoms with van der Waals surface area (Å²) in [7, 11) is 0. The lowest BCUT2D eigenvalue weighted by molar-refractivity contribution is 0.483. The van der Waals surface area contributed by atoms with E-state index in [9.17, 15) is 0 Å². The Bertz CT molecular complexity index is 1030. The van der Waals surface area contributed by atoms with Crippen LogP contribution in [0.1, 0.15) is 0 Å². The Morgan fingerprint density at radius 3 is 1.67 bits per heavy atom. The Labute approximate surface area is 158 Å². The number of benzene rings is 4. The van der Waals surface area contributed by atoms with Crippen LogP contribution in [0.15, 0.2) is 103 Å². The highest BCUT2D eigenvalue weighted by atomic mass is 16.5. The largest absolute Gasteiger partial charge is 0.457 e. The fraction of sp³-hybridized carbons (Fsp3) is 0. The minimum absolute atomic E-state index is 0.821. The van der Waals surface area contributed by atoms with Crippen LogP contribution in [0.2, 0.25) is 0 Å². The third kappa shape index (κ3) is 2.89. The quantitative estimate of drug-likeness (QED) is 0.379. The summed E-state index contributed by atoms with van der Waals surface area (Å²) in [6.07, 6.45) is 0. The van der Waals surface area contributed by atoms with Gasteiger partial charge in [-0.1, -0.05) is 42.5 Å². The predicted molar refractivity (Wildman–Crippen MR) is 111 cm³/mol. The lowest BCUT2D eigenvalue weighted by Crippen LogP contribution is -2.17. The van der Waals surface area contributed by atoms with Crippen molar-refractivity contribution in [2.75, 3.05) is 10.2 Å². The van der Waals surface area contributed by atoms with E-state index >= 15 is 0 Å². The van der Waals surface area contributed by atoms with E-state index in [1.807, 2.05) is 42.5 Å². The fourth-order valence-electron chi connectivity index (χ4n) is 3.39. The van der Waals surface area contributed by atoms with Gasteiger partial charge in [-0.2, -0.15) is 0 Å². The number of fused-ring (bicyclic) bond motifs is 2. The average Bonchev–Trinajstić information content (AvgIpc) is 2.73. The van der Waals surface area contributed by atoms with Crippen LogP contribution >= 0.6 is 0 Å². The maximum absolute atomic E-state index is 5.93. The molecule has 1 aliphatic rings. The first kappa shape index (κ1) is 15.5. The molecule has 1 heterocycles. The molecule has 4 aromatic rings. The molecule has 130 valence electrons. The number of hydrogen-bond acceptors (Lipinski definition) is 3. The summed E-state index contributed by atoms with van der Waals surface area (Å²) in [4.78, 5) is 2.27. The monoisotopic (exact) mass is 350 g/mol. The van der Waals surface area contributed by atoms with E-state index < -0.39 is 0 Å². The smallest absolute Gasteiger partial charge is 0.127 e. The highest BCUT2D eigenvalue weighted by Gasteiger charge is 2.23. The second kappa shape index (κ2) is 6.54. The summed E-state index contributed by atoms with van der Waals surface area (Å²) in [6.45, 7) is 0. The summed E-state index contributed by atoms with van der Waals surface area (Å²) < 4.78 is 5.93. The molecule has 3 nitrogen and oxygen atoms in total. The van der Waals surface area contributed by atoms with Crippen molar-refractivity contribution in [2.24, 2.45) is 0 Å². The normalized spacial score (nSPS) is 11.9. The molecule has 4 aromatic carbocycles. The number of nitrogens with zero attached hydrogens (tertiary/aromatic N) is 1. The minimum Gasteiger partial charge on any atom is -0.457 e. The molecule has 0 unspecified atom stereocenters. The lowest BCUT2D eigenvalue weighted by atomic mass is 10.1. The SMILES string of the molecule is c1ccc(Oc2ccc(N3c4ccccc4Nc4ccccc43)cc2)cc1. The Morgan fingerprint density at radius 2 is 1.04 bits per heavy atom. The number of rotatable bonds is 3. The van der Waals surface area contributed by atoms with Gasteiger partial charge in [0.15, 0.2) is 0 Å². The highest BCUT2D eigenvalue weighted by molar-refractivity contribution is 5.96. The van der Waals surface area contributed by atoms with E-state index in [1.54, 1.807) is 0 Å². The molecule has 0 atom stereocenters. The molecule has 27 heavy (non-hydrogen) atoms. The van der Waals surface area contributed by atoms with Crippen LogP contribution in [0.3, 0.4) is 0 Å². The molecule has 0 fully saturated rings. The van der Waals surface area contributed by atoms with Gasteiger partial charge in [0.25, 0.3) is 0 Å². The van der Waals surface area contributed by atoms with Crippen molar-refractivity contribution in [2.45, 2.75) is 0 Å². The second-order valence-corrected chi connectivity index (χ2v) is 6.40. The summed E-state index contributed by atoms with van der Waals surface area (Å²) in [6, 6.07) is 34.7. The Hall–Kier alpha value is -3.72. The maximum atomic E-state index is 5.93. The number of para-hydroxylation sites is 5. The summed E-state index contributed by atoms with van der Waals surface area (Å²) in [5.41, 5.74) is 5.55. The summed E-state index contributed by atoms with van der Waals surface area (Å²) >= 11 is 0. The molecule has 0 bridgehead atoms. The van der Waals surface area contributed by atoms with E-state index in [-0.39, 0.29) is 0 Å². The van der Waals surface area contributed by atoms with Gasteiger partial charge in [0.05, 0.1) is 22.7 Å². The molecule has 0 radical (unpaired) electrons. The zero-order valence-electron chi connectivity index (χ0n) is 14.7. The van der Waals surface area contributed by atoms with Crippen molar-refractivity contribution >= 4 is 28.4 Å². The van der Waals surface area contributed by atoms with E-state index in [4.69, 9.17) is 4.74 Å². The third-order valence-electron chi connectivity index (χ3n) is 4.63. The number of ether oxygens (including phenoxy) is 1. The zero-order chi connectivity index (χ0) is 18.1. The molecule has 5 rings (SSSR count). The Morgan fingerprint density at radius 1 is 0.519 bits per heavy atom. The van der Waals surface area contributed by atoms with Crippen molar-refractivity contribution in [3.05, 3.63) is 103 Å². The van der Waals surface area contributed by atoms with E-state index in [1.165, 1.54) is 0 Å². The second-order valence-electron chi connectivity index (χ2n) is 6.40. The molecule has 0 spiro atoms. The van der Waals surface area contributed by atoms with Crippen LogP contribution in [-0.2, 0) is 0 Å². The van der Waals surface area contributed by atoms with Crippen LogP contribution in [0, 0.1) is 0 Å². The molecular weight excluding hydrogens is 332 g/mol. The molecule has 1 N–H and O–H groups in total. The molecule has 0 saturated heterocycles. The summed E-state index contributed by atoms with van der Waals surface area (Å²) in [5.74, 6) is 1.66. The average molecular weight is 350 g/mol. The van der Waals surface area contributed by atoms with Gasteiger partial charge in [0.2, 0.25) is 0 Å². The van der Waals surface area contributed by atoms with Gasteiger partial charge >= 0.3 is 0 Å². The van der Waals surface area contributed by atoms with Crippen LogP contribution in [0.4, 0.5) is 28.4 Å². The van der Waals surface area contributed by atoms with Crippen molar-refractivity contribution < 1.29 is 4.74 Å². The van der Waals surface area contributed by atoms with Gasteiger partial charge in [0.1, 0.15) is 11.5 Å². The number of hydrogen-bond donors (Lipinski definition) is 1. The van der Waals surface area contributed by atoms with Crippen molar-refractivity contribution in [3.8, 4) is 11.5 Å². The molecule has 0 amide bonds. The van der Waals surface area contributed by atoms with Crippen molar-refractivity contribution in [1.82, 2.24) is 0 Å². The zero-order valence-corrected chi connectivity index (χ0v) is 14.7. The van der Waals surface area contributed by atoms with E-state index in [2.05, 4.69) is 70.9 Å². The van der Waals surface area contributed by atoms with Crippen LogP contribution < -0.4 is 15.0 Å². The molecule has 0 aromatic heterocycles. The van der Waals surface area contributed by atoms with Crippen molar-refractivity contribution in [3.63, 3.8) is 0 Å².